The third-order valence-corrected chi connectivity index (χ3v) is 5.89. The average Bonchev–Trinajstić information content (AvgIpc) is 3.29. The van der Waals surface area contributed by atoms with Crippen LogP contribution in [0.2, 0.25) is 0 Å². The van der Waals surface area contributed by atoms with Gasteiger partial charge in [-0.1, -0.05) is 0 Å². The fourth-order valence-electron chi connectivity index (χ4n) is 4.63. The lowest BCUT2D eigenvalue weighted by atomic mass is 9.98. The molecule has 3 amide bonds. The Balaban J connectivity index is 1.44. The molecule has 8 heteroatoms. The molecule has 2 bridgehead atoms. The number of carbonyl (C=O) groups excluding carboxylic acids is 3. The summed E-state index contributed by atoms with van der Waals surface area (Å²) in [4.78, 5) is 41.1. The maximum absolute atomic E-state index is 13.1. The first-order chi connectivity index (χ1) is 14.2. The number of carbonyl (C=O) groups is 3. The van der Waals surface area contributed by atoms with Crippen molar-refractivity contribution in [1.29, 1.82) is 0 Å². The van der Waals surface area contributed by atoms with Gasteiger partial charge in [0.25, 0.3) is 5.91 Å². The van der Waals surface area contributed by atoms with Crippen molar-refractivity contribution in [3.05, 3.63) is 24.3 Å². The quantitative estimate of drug-likeness (QED) is 0.820. The number of anilines is 2. The SMILES string of the molecule is CC(C)(C)OC(=O)N1[C@@H]2CC[C@@H](C2)[C@H]1C(=O)Nc1ccc(N2CCOCC2=O)cc1. The number of morpholine rings is 1. The predicted octanol–water partition coefficient (Wildman–Crippen LogP) is 2.78. The normalized spacial score (nSPS) is 26.1. The summed E-state index contributed by atoms with van der Waals surface area (Å²) in [5, 5.41) is 2.94. The van der Waals surface area contributed by atoms with Crippen LogP contribution in [0.25, 0.3) is 0 Å². The van der Waals surface area contributed by atoms with Crippen molar-refractivity contribution in [3.8, 4) is 0 Å². The standard InChI is InChI=1S/C22H29N3O5/c1-22(2,3)30-21(28)25-17-7-4-14(12-17)19(25)20(27)23-15-5-8-16(9-6-15)24-10-11-29-13-18(24)26/h5-6,8-9,14,17,19H,4,7,10-13H2,1-3H3,(H,23,27)/t14-,17+,19-/m0/s1. The van der Waals surface area contributed by atoms with E-state index in [4.69, 9.17) is 9.47 Å². The highest BCUT2D eigenvalue weighted by molar-refractivity contribution is 5.98. The smallest absolute Gasteiger partial charge is 0.411 e. The number of nitrogens with one attached hydrogen (secondary N) is 1. The van der Waals surface area contributed by atoms with Gasteiger partial charge in [0.15, 0.2) is 0 Å². The number of amides is 3. The number of benzene rings is 1. The highest BCUT2D eigenvalue weighted by Gasteiger charge is 2.52. The van der Waals surface area contributed by atoms with E-state index in [-0.39, 0.29) is 30.4 Å². The third kappa shape index (κ3) is 4.14. The third-order valence-electron chi connectivity index (χ3n) is 5.89. The maximum atomic E-state index is 13.1. The number of hydrogen-bond donors (Lipinski definition) is 1. The van der Waals surface area contributed by atoms with Crippen molar-refractivity contribution < 1.29 is 23.9 Å². The topological polar surface area (TPSA) is 88.2 Å². The van der Waals surface area contributed by atoms with Gasteiger partial charge in [-0.2, -0.15) is 0 Å². The number of hydrogen-bond acceptors (Lipinski definition) is 5. The molecule has 3 fully saturated rings. The lowest BCUT2D eigenvalue weighted by Gasteiger charge is -2.35. The van der Waals surface area contributed by atoms with Crippen LogP contribution in [0.5, 0.6) is 0 Å². The zero-order valence-corrected chi connectivity index (χ0v) is 17.7. The summed E-state index contributed by atoms with van der Waals surface area (Å²) in [6, 6.07) is 6.73. The van der Waals surface area contributed by atoms with E-state index in [1.54, 1.807) is 21.9 Å². The van der Waals surface area contributed by atoms with Crippen molar-refractivity contribution in [3.63, 3.8) is 0 Å². The number of ether oxygens (including phenoxy) is 2. The monoisotopic (exact) mass is 415 g/mol. The molecule has 0 aromatic heterocycles. The number of rotatable bonds is 3. The molecule has 8 nitrogen and oxygen atoms in total. The van der Waals surface area contributed by atoms with E-state index < -0.39 is 17.7 Å². The molecule has 3 atom stereocenters. The molecule has 162 valence electrons. The van der Waals surface area contributed by atoms with Gasteiger partial charge in [-0.15, -0.1) is 0 Å². The molecule has 0 radical (unpaired) electrons. The van der Waals surface area contributed by atoms with E-state index in [0.717, 1.165) is 24.9 Å². The van der Waals surface area contributed by atoms with Crippen molar-refractivity contribution in [1.82, 2.24) is 4.90 Å². The molecule has 3 aliphatic rings. The predicted molar refractivity (Wildman–Crippen MR) is 111 cm³/mol. The average molecular weight is 415 g/mol. The van der Waals surface area contributed by atoms with Crippen LogP contribution in [0.3, 0.4) is 0 Å². The molecule has 1 aliphatic carbocycles. The van der Waals surface area contributed by atoms with E-state index in [1.165, 1.54) is 0 Å². The van der Waals surface area contributed by atoms with Crippen molar-refractivity contribution >= 4 is 29.3 Å². The first kappa shape index (κ1) is 20.7. The molecular formula is C22H29N3O5. The summed E-state index contributed by atoms with van der Waals surface area (Å²) < 4.78 is 10.7. The highest BCUT2D eigenvalue weighted by atomic mass is 16.6. The summed E-state index contributed by atoms with van der Waals surface area (Å²) in [6.07, 6.45) is 2.28. The molecule has 1 aromatic carbocycles. The Labute approximate surface area is 176 Å². The van der Waals surface area contributed by atoms with Gasteiger partial charge in [-0.25, -0.2) is 4.79 Å². The number of nitrogens with zero attached hydrogens (tertiary/aromatic N) is 2. The highest BCUT2D eigenvalue weighted by Crippen LogP contribution is 2.43. The molecule has 0 spiro atoms. The number of piperidine rings is 1. The summed E-state index contributed by atoms with van der Waals surface area (Å²) >= 11 is 0. The fourth-order valence-corrected chi connectivity index (χ4v) is 4.63. The minimum Gasteiger partial charge on any atom is -0.444 e. The van der Waals surface area contributed by atoms with E-state index in [1.807, 2.05) is 32.9 Å². The second-order valence-corrected chi connectivity index (χ2v) is 9.19. The molecule has 2 heterocycles. The first-order valence-electron chi connectivity index (χ1n) is 10.5. The van der Waals surface area contributed by atoms with E-state index in [2.05, 4.69) is 5.32 Å². The molecule has 0 unspecified atom stereocenters. The Morgan fingerprint density at radius 2 is 1.90 bits per heavy atom. The summed E-state index contributed by atoms with van der Waals surface area (Å²) in [6.45, 7) is 6.60. The molecule has 1 aromatic rings. The van der Waals surface area contributed by atoms with Gasteiger partial charge in [-0.3, -0.25) is 14.5 Å². The van der Waals surface area contributed by atoms with Crippen LogP contribution in [0.15, 0.2) is 24.3 Å². The van der Waals surface area contributed by atoms with Gasteiger partial charge < -0.3 is 19.7 Å². The number of fused-ring (bicyclic) bond motifs is 2. The Kier molecular flexibility index (Phi) is 5.44. The second kappa shape index (κ2) is 7.91. The van der Waals surface area contributed by atoms with Crippen LogP contribution in [-0.2, 0) is 19.1 Å². The summed E-state index contributed by atoms with van der Waals surface area (Å²) in [5.74, 6) is -0.107. The molecular weight excluding hydrogens is 386 g/mol. The fraction of sp³-hybridized carbons (Fsp3) is 0.591. The van der Waals surface area contributed by atoms with Crippen LogP contribution < -0.4 is 10.2 Å². The van der Waals surface area contributed by atoms with Crippen molar-refractivity contribution in [2.75, 3.05) is 30.0 Å². The largest absolute Gasteiger partial charge is 0.444 e. The molecule has 2 saturated heterocycles. The van der Waals surface area contributed by atoms with Crippen LogP contribution in [0, 0.1) is 5.92 Å². The van der Waals surface area contributed by atoms with Gasteiger partial charge in [0.1, 0.15) is 18.2 Å². The molecule has 1 N–H and O–H groups in total. The maximum Gasteiger partial charge on any atom is 0.411 e. The van der Waals surface area contributed by atoms with Gasteiger partial charge in [0, 0.05) is 24.0 Å². The van der Waals surface area contributed by atoms with Crippen molar-refractivity contribution in [2.45, 2.75) is 57.7 Å². The Morgan fingerprint density at radius 1 is 1.17 bits per heavy atom. The number of likely N-dealkylation sites (tertiary alicyclic amines) is 1. The minimum atomic E-state index is -0.604. The van der Waals surface area contributed by atoms with Gasteiger partial charge >= 0.3 is 6.09 Å². The minimum absolute atomic E-state index is 0.0651. The summed E-state index contributed by atoms with van der Waals surface area (Å²) in [7, 11) is 0. The lowest BCUT2D eigenvalue weighted by Crippen LogP contribution is -2.52. The Morgan fingerprint density at radius 3 is 2.57 bits per heavy atom. The summed E-state index contributed by atoms with van der Waals surface area (Å²) in [5.41, 5.74) is 0.806. The van der Waals surface area contributed by atoms with Crippen LogP contribution in [0.4, 0.5) is 16.2 Å². The lowest BCUT2D eigenvalue weighted by molar-refractivity contribution is -0.125. The molecule has 1 saturated carbocycles. The zero-order valence-electron chi connectivity index (χ0n) is 17.7. The molecule has 4 rings (SSSR count). The van der Waals surface area contributed by atoms with Gasteiger partial charge in [-0.05, 0) is 70.2 Å². The van der Waals surface area contributed by atoms with Crippen molar-refractivity contribution in [2.24, 2.45) is 5.92 Å². The van der Waals surface area contributed by atoms with E-state index in [0.29, 0.717) is 18.8 Å². The van der Waals surface area contributed by atoms with Crippen LogP contribution >= 0.6 is 0 Å². The van der Waals surface area contributed by atoms with E-state index >= 15 is 0 Å². The van der Waals surface area contributed by atoms with Gasteiger partial charge in [0.05, 0.1) is 6.61 Å². The van der Waals surface area contributed by atoms with Crippen LogP contribution in [0.1, 0.15) is 40.0 Å². The molecule has 2 aliphatic heterocycles. The first-order valence-corrected chi connectivity index (χ1v) is 10.5. The van der Waals surface area contributed by atoms with E-state index in [9.17, 15) is 14.4 Å². The molecule has 30 heavy (non-hydrogen) atoms. The Bertz CT molecular complexity index is 832. The Hall–Kier alpha value is -2.61. The van der Waals surface area contributed by atoms with Crippen LogP contribution in [-0.4, -0.2) is 60.3 Å². The second-order valence-electron chi connectivity index (χ2n) is 9.19. The zero-order chi connectivity index (χ0) is 21.5. The van der Waals surface area contributed by atoms with Gasteiger partial charge in [0.2, 0.25) is 5.91 Å².